The molecule has 0 unspecified atom stereocenters. The maximum atomic E-state index is 12.8. The van der Waals surface area contributed by atoms with Crippen LogP contribution in [0.2, 0.25) is 0 Å². The molecule has 2 rings (SSSR count). The topological polar surface area (TPSA) is 77.8 Å². The largest absolute Gasteiger partial charge is 0.481 e. The number of hydrogen-bond acceptors (Lipinski definition) is 3. The molecule has 1 aliphatic rings. The van der Waals surface area contributed by atoms with Crippen molar-refractivity contribution >= 4 is 11.9 Å². The fraction of sp³-hybridized carbons (Fsp3) is 0.545. The highest BCUT2D eigenvalue weighted by Gasteiger charge is 2.31. The van der Waals surface area contributed by atoms with Crippen molar-refractivity contribution in [3.63, 3.8) is 0 Å². The first kappa shape index (κ1) is 23.9. The van der Waals surface area contributed by atoms with Crippen molar-refractivity contribution in [2.24, 2.45) is 0 Å². The Hall–Kier alpha value is -2.35. The van der Waals surface area contributed by atoms with E-state index in [0.717, 1.165) is 12.1 Å². The van der Waals surface area contributed by atoms with E-state index in [1.165, 1.54) is 6.07 Å². The number of carboxylic acids is 1. The van der Waals surface area contributed by atoms with Crippen molar-refractivity contribution in [2.75, 3.05) is 6.54 Å². The van der Waals surface area contributed by atoms with Gasteiger partial charge in [-0.3, -0.25) is 9.59 Å². The van der Waals surface area contributed by atoms with Crippen molar-refractivity contribution in [2.45, 2.75) is 69.7 Å². The van der Waals surface area contributed by atoms with Gasteiger partial charge < -0.3 is 15.1 Å². The summed E-state index contributed by atoms with van der Waals surface area (Å²) in [5.74, 6) is -0.788. The van der Waals surface area contributed by atoms with Crippen LogP contribution in [0.5, 0.6) is 0 Å². The number of halogens is 3. The lowest BCUT2D eigenvalue weighted by Gasteiger charge is -2.24. The van der Waals surface area contributed by atoms with Gasteiger partial charge in [-0.2, -0.15) is 13.2 Å². The fourth-order valence-electron chi connectivity index (χ4n) is 3.65. The number of alkyl halides is 3. The summed E-state index contributed by atoms with van der Waals surface area (Å²) in [5, 5.41) is 18.9. The molecule has 1 amide bonds. The molecule has 1 fully saturated rings. The number of benzene rings is 1. The molecule has 1 aliphatic heterocycles. The molecule has 5 nitrogen and oxygen atoms in total. The SMILES string of the molecule is O=C(O)CCC/C=C\CN1C(=O)CC[C@@H]1CC[C@@H](O)Cc1cccc(C(F)(F)F)c1. The van der Waals surface area contributed by atoms with Crippen LogP contribution in [-0.4, -0.2) is 45.7 Å². The average Bonchev–Trinajstić information content (AvgIpc) is 3.02. The van der Waals surface area contributed by atoms with E-state index in [1.807, 2.05) is 12.2 Å². The Morgan fingerprint density at radius 3 is 2.77 bits per heavy atom. The summed E-state index contributed by atoms with van der Waals surface area (Å²) in [5.41, 5.74) is -0.295. The van der Waals surface area contributed by atoms with Gasteiger partial charge in [0.2, 0.25) is 5.91 Å². The van der Waals surface area contributed by atoms with Gasteiger partial charge in [0, 0.05) is 25.4 Å². The van der Waals surface area contributed by atoms with Gasteiger partial charge in [0.1, 0.15) is 0 Å². The van der Waals surface area contributed by atoms with Crippen LogP contribution in [0.1, 0.15) is 56.1 Å². The van der Waals surface area contributed by atoms with Gasteiger partial charge in [0.25, 0.3) is 0 Å². The van der Waals surface area contributed by atoms with E-state index < -0.39 is 23.8 Å². The lowest BCUT2D eigenvalue weighted by Crippen LogP contribution is -2.33. The summed E-state index contributed by atoms with van der Waals surface area (Å²) >= 11 is 0. The molecule has 0 saturated carbocycles. The number of allylic oxidation sites excluding steroid dienone is 1. The van der Waals surface area contributed by atoms with Crippen LogP contribution in [0.25, 0.3) is 0 Å². The average molecular weight is 427 g/mol. The number of aliphatic carboxylic acids is 1. The molecule has 0 radical (unpaired) electrons. The van der Waals surface area contributed by atoms with Crippen LogP contribution in [0.3, 0.4) is 0 Å². The number of carboxylic acid groups (broad SMARTS) is 1. The molecule has 1 aromatic rings. The van der Waals surface area contributed by atoms with Gasteiger partial charge in [0.15, 0.2) is 0 Å². The molecule has 0 aliphatic carbocycles. The highest BCUT2D eigenvalue weighted by atomic mass is 19.4. The monoisotopic (exact) mass is 427 g/mol. The third-order valence-electron chi connectivity index (χ3n) is 5.24. The molecule has 1 heterocycles. The summed E-state index contributed by atoms with van der Waals surface area (Å²) in [4.78, 5) is 24.3. The van der Waals surface area contributed by atoms with Crippen LogP contribution in [0, 0.1) is 0 Å². The van der Waals surface area contributed by atoms with E-state index in [4.69, 9.17) is 5.11 Å². The van der Waals surface area contributed by atoms with E-state index in [1.54, 1.807) is 11.0 Å². The summed E-state index contributed by atoms with van der Waals surface area (Å²) in [6.45, 7) is 0.445. The third kappa shape index (κ3) is 7.82. The number of aliphatic hydroxyl groups is 1. The first-order valence-electron chi connectivity index (χ1n) is 10.2. The molecule has 8 heteroatoms. The number of amides is 1. The van der Waals surface area contributed by atoms with E-state index in [2.05, 4.69) is 0 Å². The summed E-state index contributed by atoms with van der Waals surface area (Å²) in [7, 11) is 0. The van der Waals surface area contributed by atoms with Crippen molar-refractivity contribution in [3.8, 4) is 0 Å². The Bertz CT molecular complexity index is 748. The van der Waals surface area contributed by atoms with Crippen molar-refractivity contribution in [1.82, 2.24) is 4.90 Å². The third-order valence-corrected chi connectivity index (χ3v) is 5.24. The smallest absolute Gasteiger partial charge is 0.416 e. The number of rotatable bonds is 11. The number of nitrogens with zero attached hydrogens (tertiary/aromatic N) is 1. The number of carbonyl (C=O) groups excluding carboxylic acids is 1. The Labute approximate surface area is 174 Å². The first-order chi connectivity index (χ1) is 14.2. The standard InChI is InChI=1S/C22H28F3NO4/c23-22(24,25)17-7-5-6-16(14-17)15-19(27)11-9-18-10-12-20(28)26(18)13-4-2-1-3-8-21(29)30/h2,4-7,14,18-19,27H,1,3,8-13,15H2,(H,29,30)/b4-2-/t18-,19+/m0/s1. The van der Waals surface area contributed by atoms with Gasteiger partial charge in [-0.05, 0) is 50.2 Å². The highest BCUT2D eigenvalue weighted by Crippen LogP contribution is 2.30. The molecule has 2 N–H and O–H groups in total. The van der Waals surface area contributed by atoms with Crippen LogP contribution in [-0.2, 0) is 22.2 Å². The Balaban J connectivity index is 1.80. The molecular formula is C22H28F3NO4. The Morgan fingerprint density at radius 1 is 1.30 bits per heavy atom. The maximum Gasteiger partial charge on any atom is 0.416 e. The molecule has 1 aromatic carbocycles. The maximum absolute atomic E-state index is 12.8. The summed E-state index contributed by atoms with van der Waals surface area (Å²) < 4.78 is 38.4. The van der Waals surface area contributed by atoms with Crippen LogP contribution >= 0.6 is 0 Å². The van der Waals surface area contributed by atoms with Gasteiger partial charge >= 0.3 is 12.1 Å². The van der Waals surface area contributed by atoms with Gasteiger partial charge in [-0.15, -0.1) is 0 Å². The predicted octanol–water partition coefficient (Wildman–Crippen LogP) is 4.19. The predicted molar refractivity (Wildman–Crippen MR) is 106 cm³/mol. The molecule has 1 saturated heterocycles. The number of carbonyl (C=O) groups is 2. The van der Waals surface area contributed by atoms with Crippen LogP contribution in [0.15, 0.2) is 36.4 Å². The van der Waals surface area contributed by atoms with Gasteiger partial charge in [-0.25, -0.2) is 0 Å². The quantitative estimate of drug-likeness (QED) is 0.410. The van der Waals surface area contributed by atoms with Gasteiger partial charge in [0.05, 0.1) is 11.7 Å². The lowest BCUT2D eigenvalue weighted by atomic mass is 9.99. The molecule has 30 heavy (non-hydrogen) atoms. The minimum Gasteiger partial charge on any atom is -0.481 e. The zero-order chi connectivity index (χ0) is 22.1. The molecular weight excluding hydrogens is 399 g/mol. The normalized spacial score (nSPS) is 18.3. The summed E-state index contributed by atoms with van der Waals surface area (Å²) in [6, 6.07) is 4.97. The highest BCUT2D eigenvalue weighted by molar-refractivity contribution is 5.78. The zero-order valence-corrected chi connectivity index (χ0v) is 16.8. The Kier molecular flexibility index (Phi) is 8.89. The van der Waals surface area contributed by atoms with Crippen molar-refractivity contribution < 1.29 is 33.0 Å². The van der Waals surface area contributed by atoms with Crippen LogP contribution in [0.4, 0.5) is 13.2 Å². The summed E-state index contributed by atoms with van der Waals surface area (Å²) in [6.07, 6.45) is 2.08. The second kappa shape index (κ2) is 11.2. The first-order valence-corrected chi connectivity index (χ1v) is 10.2. The number of hydrogen-bond donors (Lipinski definition) is 2. The lowest BCUT2D eigenvalue weighted by molar-refractivity contribution is -0.138. The number of unbranched alkanes of at least 4 members (excludes halogenated alkanes) is 1. The molecule has 0 bridgehead atoms. The second-order valence-corrected chi connectivity index (χ2v) is 7.63. The second-order valence-electron chi connectivity index (χ2n) is 7.63. The number of aliphatic hydroxyl groups excluding tert-OH is 1. The van der Waals surface area contributed by atoms with Crippen LogP contribution < -0.4 is 0 Å². The van der Waals surface area contributed by atoms with E-state index in [-0.39, 0.29) is 24.8 Å². The minimum atomic E-state index is -4.41. The molecule has 0 spiro atoms. The van der Waals surface area contributed by atoms with Gasteiger partial charge in [-0.1, -0.05) is 30.4 Å². The molecule has 166 valence electrons. The van der Waals surface area contributed by atoms with Crippen molar-refractivity contribution in [3.05, 3.63) is 47.5 Å². The van der Waals surface area contributed by atoms with Crippen molar-refractivity contribution in [1.29, 1.82) is 0 Å². The zero-order valence-electron chi connectivity index (χ0n) is 16.8. The van der Waals surface area contributed by atoms with E-state index in [9.17, 15) is 27.9 Å². The molecule has 2 atom stereocenters. The van der Waals surface area contributed by atoms with E-state index >= 15 is 0 Å². The fourth-order valence-corrected chi connectivity index (χ4v) is 3.65. The number of likely N-dealkylation sites (tertiary alicyclic amines) is 1. The van der Waals surface area contributed by atoms with E-state index in [0.29, 0.717) is 50.6 Å². The molecule has 0 aromatic heterocycles. The minimum absolute atomic E-state index is 0.00247. The Morgan fingerprint density at radius 2 is 2.07 bits per heavy atom.